The van der Waals surface area contributed by atoms with Gasteiger partial charge in [-0.25, -0.2) is 0 Å². The first-order chi connectivity index (χ1) is 8.36. The van der Waals surface area contributed by atoms with Gasteiger partial charge in [0, 0.05) is 31.3 Å². The predicted molar refractivity (Wildman–Crippen MR) is 69.2 cm³/mol. The summed E-state index contributed by atoms with van der Waals surface area (Å²) in [6.07, 6.45) is 8.64. The van der Waals surface area contributed by atoms with E-state index in [0.717, 1.165) is 24.7 Å². The van der Waals surface area contributed by atoms with E-state index >= 15 is 0 Å². The molecule has 3 nitrogen and oxygen atoms in total. The van der Waals surface area contributed by atoms with Crippen molar-refractivity contribution in [1.82, 2.24) is 10.2 Å². The molecule has 1 N–H and O–H groups in total. The summed E-state index contributed by atoms with van der Waals surface area (Å²) in [6.45, 7) is 5.63. The maximum absolute atomic E-state index is 5.63. The summed E-state index contributed by atoms with van der Waals surface area (Å²) in [6, 6.07) is 2.34. The minimum atomic E-state index is 0.543. The van der Waals surface area contributed by atoms with Crippen molar-refractivity contribution in [3.63, 3.8) is 0 Å². The fourth-order valence-corrected chi connectivity index (χ4v) is 3.82. The van der Waals surface area contributed by atoms with Gasteiger partial charge in [-0.1, -0.05) is 6.42 Å². The van der Waals surface area contributed by atoms with Crippen molar-refractivity contribution in [2.45, 2.75) is 69.7 Å². The molecule has 0 bridgehead atoms. The Morgan fingerprint density at radius 1 is 1.18 bits per heavy atom. The molecule has 2 atom stereocenters. The maximum Gasteiger partial charge on any atom is 0.0604 e. The molecule has 0 aromatic carbocycles. The smallest absolute Gasteiger partial charge is 0.0604 e. The molecule has 17 heavy (non-hydrogen) atoms. The summed E-state index contributed by atoms with van der Waals surface area (Å²) in [7, 11) is 0. The predicted octanol–water partition coefficient (Wildman–Crippen LogP) is 1.77. The Bertz CT molecular complexity index is 253. The molecule has 2 unspecified atom stereocenters. The lowest BCUT2D eigenvalue weighted by atomic mass is 9.87. The number of fused-ring (bicyclic) bond motifs is 1. The Morgan fingerprint density at radius 3 is 2.88 bits per heavy atom. The lowest BCUT2D eigenvalue weighted by Crippen LogP contribution is -2.53. The summed E-state index contributed by atoms with van der Waals surface area (Å²) in [5, 5.41) is 3.88. The summed E-state index contributed by atoms with van der Waals surface area (Å²) in [5.74, 6) is 0. The Balaban J connectivity index is 1.44. The van der Waals surface area contributed by atoms with Crippen LogP contribution in [0, 0.1) is 0 Å². The van der Waals surface area contributed by atoms with Crippen LogP contribution in [0.2, 0.25) is 0 Å². The van der Waals surface area contributed by atoms with Gasteiger partial charge in [0.2, 0.25) is 0 Å². The lowest BCUT2D eigenvalue weighted by molar-refractivity contribution is -0.0138. The highest BCUT2D eigenvalue weighted by Crippen LogP contribution is 2.30. The first-order valence-corrected chi connectivity index (χ1v) is 7.48. The summed E-state index contributed by atoms with van der Waals surface area (Å²) in [4.78, 5) is 2.71. The Hall–Kier alpha value is -0.120. The van der Waals surface area contributed by atoms with Gasteiger partial charge in [-0.15, -0.1) is 0 Å². The van der Waals surface area contributed by atoms with Crippen LogP contribution in [0.5, 0.6) is 0 Å². The molecule has 3 aliphatic rings. The van der Waals surface area contributed by atoms with Crippen molar-refractivity contribution >= 4 is 0 Å². The van der Waals surface area contributed by atoms with Gasteiger partial charge in [0.1, 0.15) is 0 Å². The van der Waals surface area contributed by atoms with Crippen LogP contribution in [0.25, 0.3) is 0 Å². The van der Waals surface area contributed by atoms with Gasteiger partial charge in [0.05, 0.1) is 6.10 Å². The second-order valence-electron chi connectivity index (χ2n) is 5.91. The fourth-order valence-electron chi connectivity index (χ4n) is 3.82. The molecule has 0 amide bonds. The molecule has 0 spiro atoms. The van der Waals surface area contributed by atoms with E-state index < -0.39 is 0 Å². The molecule has 98 valence electrons. The normalized spacial score (nSPS) is 42.2. The number of rotatable bonds is 4. The van der Waals surface area contributed by atoms with Crippen molar-refractivity contribution in [3.05, 3.63) is 0 Å². The van der Waals surface area contributed by atoms with Gasteiger partial charge in [0.15, 0.2) is 0 Å². The monoisotopic (exact) mass is 238 g/mol. The zero-order chi connectivity index (χ0) is 11.7. The summed E-state index contributed by atoms with van der Waals surface area (Å²) >= 11 is 0. The molecule has 0 aromatic heterocycles. The minimum Gasteiger partial charge on any atom is -0.378 e. The first-order valence-electron chi connectivity index (χ1n) is 7.48. The maximum atomic E-state index is 5.63. The highest BCUT2D eigenvalue weighted by Gasteiger charge is 2.39. The van der Waals surface area contributed by atoms with Crippen LogP contribution < -0.4 is 5.32 Å². The van der Waals surface area contributed by atoms with E-state index in [9.17, 15) is 0 Å². The third kappa shape index (κ3) is 2.51. The molecule has 2 heterocycles. The molecule has 2 saturated heterocycles. The average molecular weight is 238 g/mol. The molecule has 3 rings (SSSR count). The molecule has 1 aliphatic carbocycles. The highest BCUT2D eigenvalue weighted by atomic mass is 16.5. The number of ether oxygens (including phenoxy) is 1. The van der Waals surface area contributed by atoms with Crippen LogP contribution in [-0.2, 0) is 4.74 Å². The highest BCUT2D eigenvalue weighted by molar-refractivity contribution is 4.98. The quantitative estimate of drug-likeness (QED) is 0.808. The van der Waals surface area contributed by atoms with Crippen LogP contribution in [-0.4, -0.2) is 48.8 Å². The van der Waals surface area contributed by atoms with Crippen molar-refractivity contribution in [2.75, 3.05) is 19.7 Å². The Morgan fingerprint density at radius 2 is 2.06 bits per heavy atom. The van der Waals surface area contributed by atoms with Crippen LogP contribution in [0.1, 0.15) is 45.4 Å². The third-order valence-electron chi connectivity index (χ3n) is 4.80. The average Bonchev–Trinajstić information content (AvgIpc) is 2.70. The third-order valence-corrected chi connectivity index (χ3v) is 4.80. The van der Waals surface area contributed by atoms with Gasteiger partial charge in [-0.05, 0) is 45.6 Å². The van der Waals surface area contributed by atoms with E-state index in [0.29, 0.717) is 6.10 Å². The number of hydrogen-bond donors (Lipinski definition) is 1. The van der Waals surface area contributed by atoms with E-state index in [1.807, 2.05) is 0 Å². The number of nitrogens with one attached hydrogen (secondary N) is 1. The lowest BCUT2D eigenvalue weighted by Gasteiger charge is -2.40. The molecule has 3 fully saturated rings. The van der Waals surface area contributed by atoms with Crippen molar-refractivity contribution in [2.24, 2.45) is 0 Å². The second kappa shape index (κ2) is 5.25. The molecule has 0 radical (unpaired) electrons. The molecule has 2 aliphatic heterocycles. The topological polar surface area (TPSA) is 24.5 Å². The number of hydrogen-bond acceptors (Lipinski definition) is 3. The van der Waals surface area contributed by atoms with Crippen LogP contribution in [0.4, 0.5) is 0 Å². The second-order valence-corrected chi connectivity index (χ2v) is 5.91. The van der Waals surface area contributed by atoms with E-state index in [2.05, 4.69) is 17.1 Å². The molecule has 3 heteroatoms. The first kappa shape index (κ1) is 11.9. The van der Waals surface area contributed by atoms with Crippen molar-refractivity contribution in [3.8, 4) is 0 Å². The van der Waals surface area contributed by atoms with Gasteiger partial charge in [-0.2, -0.15) is 0 Å². The summed E-state index contributed by atoms with van der Waals surface area (Å²) < 4.78 is 5.63. The van der Waals surface area contributed by atoms with Crippen molar-refractivity contribution in [1.29, 1.82) is 0 Å². The van der Waals surface area contributed by atoms with Crippen LogP contribution in [0.15, 0.2) is 0 Å². The van der Waals surface area contributed by atoms with E-state index in [-0.39, 0.29) is 0 Å². The fraction of sp³-hybridized carbons (Fsp3) is 1.00. The number of piperidine rings is 1. The van der Waals surface area contributed by atoms with Crippen LogP contribution in [0.3, 0.4) is 0 Å². The van der Waals surface area contributed by atoms with Gasteiger partial charge in [-0.3, -0.25) is 4.90 Å². The number of nitrogens with zero attached hydrogens (tertiary/aromatic N) is 1. The largest absolute Gasteiger partial charge is 0.378 e. The van der Waals surface area contributed by atoms with Crippen molar-refractivity contribution < 1.29 is 4.74 Å². The minimum absolute atomic E-state index is 0.543. The van der Waals surface area contributed by atoms with E-state index in [1.165, 1.54) is 51.6 Å². The Labute approximate surface area is 105 Å². The van der Waals surface area contributed by atoms with E-state index in [1.54, 1.807) is 0 Å². The standard InChI is InChI=1S/C14H26N2O/c1-2-17-12-9-11(10-12)15-13-6-8-16-7-4-3-5-14(13)16/h11-15H,2-10H2,1H3. The molecule has 0 aromatic rings. The van der Waals surface area contributed by atoms with E-state index in [4.69, 9.17) is 4.74 Å². The SMILES string of the molecule is CCOC1CC(NC2CCN3CCCCC23)C1. The zero-order valence-electron chi connectivity index (χ0n) is 11.0. The molecular formula is C14H26N2O. The summed E-state index contributed by atoms with van der Waals surface area (Å²) in [5.41, 5.74) is 0. The van der Waals surface area contributed by atoms with Gasteiger partial charge in [0.25, 0.3) is 0 Å². The van der Waals surface area contributed by atoms with Crippen LogP contribution >= 0.6 is 0 Å². The molecule has 1 saturated carbocycles. The van der Waals surface area contributed by atoms with Gasteiger partial charge >= 0.3 is 0 Å². The van der Waals surface area contributed by atoms with Gasteiger partial charge < -0.3 is 10.1 Å². The Kier molecular flexibility index (Phi) is 3.69. The zero-order valence-corrected chi connectivity index (χ0v) is 11.0. The molecular weight excluding hydrogens is 212 g/mol.